The molecule has 7 heteroatoms. The number of benzene rings is 2. The van der Waals surface area contributed by atoms with Crippen LogP contribution in [0.25, 0.3) is 0 Å². The number of carbonyl (C=O) groups excluding carboxylic acids is 1. The molecule has 0 fully saturated rings. The molecule has 144 valence electrons. The lowest BCUT2D eigenvalue weighted by Gasteiger charge is -2.22. The molecule has 1 amide bonds. The Morgan fingerprint density at radius 3 is 2.61 bits per heavy atom. The van der Waals surface area contributed by atoms with Gasteiger partial charge in [-0.3, -0.25) is 4.79 Å². The van der Waals surface area contributed by atoms with Crippen molar-refractivity contribution in [2.75, 3.05) is 13.8 Å². The highest BCUT2D eigenvalue weighted by Gasteiger charge is 2.24. The number of nitrogens with zero attached hydrogens (tertiary/aromatic N) is 3. The van der Waals surface area contributed by atoms with Crippen molar-refractivity contribution < 1.29 is 18.9 Å². The van der Waals surface area contributed by atoms with Crippen LogP contribution in [0, 0.1) is 6.92 Å². The van der Waals surface area contributed by atoms with Crippen molar-refractivity contribution in [1.82, 2.24) is 15.2 Å². The first kappa shape index (κ1) is 18.0. The van der Waals surface area contributed by atoms with Gasteiger partial charge >= 0.3 is 0 Å². The second-order valence-electron chi connectivity index (χ2n) is 6.83. The second-order valence-corrected chi connectivity index (χ2v) is 6.83. The van der Waals surface area contributed by atoms with Crippen molar-refractivity contribution in [3.8, 4) is 11.5 Å². The topological polar surface area (TPSA) is 77.7 Å². The summed E-state index contributed by atoms with van der Waals surface area (Å²) in [5.41, 5.74) is 3.43. The molecule has 28 heavy (non-hydrogen) atoms. The smallest absolute Gasteiger partial charge is 0.231 e. The maximum atomic E-state index is 13.0. The third-order valence-corrected chi connectivity index (χ3v) is 4.94. The quantitative estimate of drug-likeness (QED) is 0.654. The summed E-state index contributed by atoms with van der Waals surface area (Å²) in [6, 6.07) is 15.8. The summed E-state index contributed by atoms with van der Waals surface area (Å²) >= 11 is 0. The maximum absolute atomic E-state index is 13.0. The van der Waals surface area contributed by atoms with Crippen molar-refractivity contribution in [3.05, 3.63) is 71.0 Å². The summed E-state index contributed by atoms with van der Waals surface area (Å²) in [5, 5.41) is 7.63. The van der Waals surface area contributed by atoms with Crippen LogP contribution < -0.4 is 9.47 Å². The van der Waals surface area contributed by atoms with Crippen LogP contribution in [0.1, 0.15) is 34.9 Å². The molecule has 0 aliphatic carbocycles. The van der Waals surface area contributed by atoms with Crippen LogP contribution in [0.15, 0.2) is 53.2 Å². The number of ether oxygens (including phenoxy) is 2. The van der Waals surface area contributed by atoms with Crippen LogP contribution in [0.5, 0.6) is 11.5 Å². The molecule has 1 aromatic heterocycles. The predicted molar refractivity (Wildman–Crippen MR) is 101 cm³/mol. The number of carbonyl (C=O) groups is 1. The summed E-state index contributed by atoms with van der Waals surface area (Å²) in [6.07, 6.45) is 0.324. The van der Waals surface area contributed by atoms with E-state index in [1.165, 1.54) is 0 Å². The van der Waals surface area contributed by atoms with Gasteiger partial charge in [0.05, 0.1) is 6.54 Å². The van der Waals surface area contributed by atoms with Crippen LogP contribution in [0.3, 0.4) is 0 Å². The zero-order chi connectivity index (χ0) is 19.5. The lowest BCUT2D eigenvalue weighted by atomic mass is 9.88. The third kappa shape index (κ3) is 3.69. The SMILES string of the molecule is Cc1nonc1CN(C)C(=O)C[C@H](c1ccccc1)c1ccc2c(c1)OCO2. The van der Waals surface area contributed by atoms with E-state index in [0.717, 1.165) is 16.9 Å². The fourth-order valence-electron chi connectivity index (χ4n) is 3.28. The molecule has 1 aliphatic rings. The summed E-state index contributed by atoms with van der Waals surface area (Å²) < 4.78 is 15.7. The van der Waals surface area contributed by atoms with E-state index in [4.69, 9.17) is 14.1 Å². The van der Waals surface area contributed by atoms with Crippen molar-refractivity contribution in [2.45, 2.75) is 25.8 Å². The Morgan fingerprint density at radius 1 is 1.07 bits per heavy atom. The summed E-state index contributed by atoms with van der Waals surface area (Å²) in [7, 11) is 1.76. The molecular formula is C21H21N3O4. The molecule has 0 saturated heterocycles. The predicted octanol–water partition coefficient (Wildman–Crippen LogP) is 3.29. The van der Waals surface area contributed by atoms with Crippen molar-refractivity contribution >= 4 is 5.91 Å². The molecule has 7 nitrogen and oxygen atoms in total. The Bertz CT molecular complexity index is 971. The highest BCUT2D eigenvalue weighted by atomic mass is 16.7. The molecule has 0 radical (unpaired) electrons. The van der Waals surface area contributed by atoms with Gasteiger partial charge in [-0.05, 0) is 30.2 Å². The Kier molecular flexibility index (Phi) is 4.97. The Morgan fingerprint density at radius 2 is 1.86 bits per heavy atom. The second kappa shape index (κ2) is 7.72. The van der Waals surface area contributed by atoms with Crippen LogP contribution in [-0.4, -0.2) is 35.0 Å². The van der Waals surface area contributed by atoms with Gasteiger partial charge in [-0.1, -0.05) is 46.7 Å². The van der Waals surface area contributed by atoms with Gasteiger partial charge < -0.3 is 14.4 Å². The molecule has 1 aliphatic heterocycles. The molecule has 1 atom stereocenters. The first-order valence-corrected chi connectivity index (χ1v) is 9.08. The lowest BCUT2D eigenvalue weighted by molar-refractivity contribution is -0.130. The molecule has 2 heterocycles. The van der Waals surface area contributed by atoms with E-state index in [0.29, 0.717) is 30.1 Å². The van der Waals surface area contributed by atoms with Gasteiger partial charge in [0.15, 0.2) is 11.5 Å². The molecule has 0 unspecified atom stereocenters. The van der Waals surface area contributed by atoms with Gasteiger partial charge in [0.1, 0.15) is 11.4 Å². The minimum Gasteiger partial charge on any atom is -0.454 e. The number of fused-ring (bicyclic) bond motifs is 1. The van der Waals surface area contributed by atoms with E-state index in [1.807, 2.05) is 55.5 Å². The highest BCUT2D eigenvalue weighted by molar-refractivity contribution is 5.77. The number of amides is 1. The lowest BCUT2D eigenvalue weighted by Crippen LogP contribution is -2.28. The number of rotatable bonds is 6. The molecule has 4 rings (SSSR count). The number of aryl methyl sites for hydroxylation is 1. The van der Waals surface area contributed by atoms with E-state index in [-0.39, 0.29) is 18.6 Å². The van der Waals surface area contributed by atoms with Crippen LogP contribution in [0.4, 0.5) is 0 Å². The standard InChI is InChI=1S/C21H21N3O4/c1-14-18(23-28-22-14)12-24(2)21(25)11-17(15-6-4-3-5-7-15)16-8-9-19-20(10-16)27-13-26-19/h3-10,17H,11-13H2,1-2H3/t17-/m1/s1. The van der Waals surface area contributed by atoms with Gasteiger partial charge in [0, 0.05) is 19.4 Å². The third-order valence-electron chi connectivity index (χ3n) is 4.94. The molecular weight excluding hydrogens is 358 g/mol. The molecule has 0 spiro atoms. The zero-order valence-corrected chi connectivity index (χ0v) is 15.8. The summed E-state index contributed by atoms with van der Waals surface area (Å²) in [6.45, 7) is 2.39. The first-order chi connectivity index (χ1) is 13.6. The number of hydrogen-bond donors (Lipinski definition) is 0. The number of aromatic nitrogens is 2. The number of hydrogen-bond acceptors (Lipinski definition) is 6. The largest absolute Gasteiger partial charge is 0.454 e. The van der Waals surface area contributed by atoms with Crippen LogP contribution in [-0.2, 0) is 11.3 Å². The van der Waals surface area contributed by atoms with Crippen molar-refractivity contribution in [2.24, 2.45) is 0 Å². The fourth-order valence-corrected chi connectivity index (χ4v) is 3.28. The van der Waals surface area contributed by atoms with Crippen LogP contribution in [0.2, 0.25) is 0 Å². The maximum Gasteiger partial charge on any atom is 0.231 e. The molecule has 0 bridgehead atoms. The minimum atomic E-state index is -0.0952. The van der Waals surface area contributed by atoms with E-state index in [2.05, 4.69) is 10.3 Å². The first-order valence-electron chi connectivity index (χ1n) is 9.08. The summed E-state index contributed by atoms with van der Waals surface area (Å²) in [4.78, 5) is 14.6. The van der Waals surface area contributed by atoms with E-state index in [1.54, 1.807) is 11.9 Å². The van der Waals surface area contributed by atoms with Gasteiger partial charge in [0.25, 0.3) is 0 Å². The Labute approximate surface area is 162 Å². The zero-order valence-electron chi connectivity index (χ0n) is 15.8. The normalized spacial score (nSPS) is 13.4. The molecule has 2 aromatic carbocycles. The minimum absolute atomic E-state index is 0.00826. The summed E-state index contributed by atoms with van der Waals surface area (Å²) in [5.74, 6) is 1.35. The average Bonchev–Trinajstić information content (AvgIpc) is 3.35. The molecule has 3 aromatic rings. The van der Waals surface area contributed by atoms with Crippen LogP contribution >= 0.6 is 0 Å². The fraction of sp³-hybridized carbons (Fsp3) is 0.286. The average molecular weight is 379 g/mol. The highest BCUT2D eigenvalue weighted by Crippen LogP contribution is 2.37. The van der Waals surface area contributed by atoms with Gasteiger partial charge in [-0.15, -0.1) is 0 Å². The van der Waals surface area contributed by atoms with Crippen molar-refractivity contribution in [1.29, 1.82) is 0 Å². The van der Waals surface area contributed by atoms with Gasteiger partial charge in [-0.2, -0.15) is 0 Å². The monoisotopic (exact) mass is 379 g/mol. The molecule has 0 saturated carbocycles. The van der Waals surface area contributed by atoms with Crippen molar-refractivity contribution in [3.63, 3.8) is 0 Å². The Balaban J connectivity index is 1.57. The Hall–Kier alpha value is -3.35. The van der Waals surface area contributed by atoms with Gasteiger partial charge in [-0.25, -0.2) is 4.63 Å². The molecule has 0 N–H and O–H groups in total. The van der Waals surface area contributed by atoms with E-state index in [9.17, 15) is 4.79 Å². The van der Waals surface area contributed by atoms with E-state index >= 15 is 0 Å². The van der Waals surface area contributed by atoms with E-state index < -0.39 is 0 Å². The van der Waals surface area contributed by atoms with Gasteiger partial charge in [0.2, 0.25) is 12.7 Å².